The van der Waals surface area contributed by atoms with Gasteiger partial charge in [-0.1, -0.05) is 18.2 Å². The van der Waals surface area contributed by atoms with Crippen molar-refractivity contribution >= 4 is 11.6 Å². The van der Waals surface area contributed by atoms with Crippen molar-refractivity contribution in [2.24, 2.45) is 0 Å². The first-order valence-electron chi connectivity index (χ1n) is 5.62. The summed E-state index contributed by atoms with van der Waals surface area (Å²) in [6.45, 7) is 4.28. The van der Waals surface area contributed by atoms with Crippen LogP contribution in [0, 0.1) is 0 Å². The molecule has 0 saturated heterocycles. The Bertz CT molecular complexity index is 543. The van der Waals surface area contributed by atoms with Crippen LogP contribution < -0.4 is 4.74 Å². The molecule has 1 aromatic carbocycles. The van der Waals surface area contributed by atoms with Crippen LogP contribution in [0.1, 0.15) is 6.42 Å². The van der Waals surface area contributed by atoms with Crippen LogP contribution in [-0.2, 0) is 0 Å². The van der Waals surface area contributed by atoms with Crippen molar-refractivity contribution in [3.05, 3.63) is 54.5 Å². The maximum atomic E-state index is 5.77. The summed E-state index contributed by atoms with van der Waals surface area (Å²) in [5, 5.41) is 0.241. The molecule has 1 heterocycles. The standard InChI is InChI=1S/C14H13ClN2O/c1-2-3-9-18-12-6-4-5-11(10-12)13-7-8-16-14(15)17-13/h2,4-8,10H,1,3,9H2. The van der Waals surface area contributed by atoms with Crippen LogP contribution in [0.25, 0.3) is 11.3 Å². The van der Waals surface area contributed by atoms with Gasteiger partial charge in [-0.2, -0.15) is 0 Å². The highest BCUT2D eigenvalue weighted by atomic mass is 35.5. The molecule has 0 fully saturated rings. The molecule has 2 aromatic rings. The van der Waals surface area contributed by atoms with Gasteiger partial charge in [-0.05, 0) is 36.2 Å². The van der Waals surface area contributed by atoms with E-state index in [0.717, 1.165) is 23.4 Å². The zero-order valence-electron chi connectivity index (χ0n) is 9.84. The first-order chi connectivity index (χ1) is 8.79. The molecule has 0 N–H and O–H groups in total. The van der Waals surface area contributed by atoms with Crippen molar-refractivity contribution in [1.29, 1.82) is 0 Å². The third kappa shape index (κ3) is 3.31. The topological polar surface area (TPSA) is 35.0 Å². The zero-order chi connectivity index (χ0) is 12.8. The van der Waals surface area contributed by atoms with Gasteiger partial charge in [0.05, 0.1) is 12.3 Å². The molecule has 2 rings (SSSR count). The van der Waals surface area contributed by atoms with Gasteiger partial charge in [0.1, 0.15) is 5.75 Å². The number of halogens is 1. The van der Waals surface area contributed by atoms with Gasteiger partial charge >= 0.3 is 0 Å². The van der Waals surface area contributed by atoms with Crippen LogP contribution >= 0.6 is 11.6 Å². The minimum absolute atomic E-state index is 0.241. The van der Waals surface area contributed by atoms with E-state index in [0.29, 0.717) is 6.61 Å². The van der Waals surface area contributed by atoms with E-state index in [1.165, 1.54) is 0 Å². The fourth-order valence-electron chi connectivity index (χ4n) is 1.50. The molecule has 1 aromatic heterocycles. The number of ether oxygens (including phenoxy) is 1. The highest BCUT2D eigenvalue weighted by Gasteiger charge is 2.02. The molecule has 0 atom stereocenters. The van der Waals surface area contributed by atoms with E-state index in [2.05, 4.69) is 16.5 Å². The summed E-state index contributed by atoms with van der Waals surface area (Å²) < 4.78 is 5.59. The van der Waals surface area contributed by atoms with Crippen molar-refractivity contribution in [1.82, 2.24) is 9.97 Å². The highest BCUT2D eigenvalue weighted by Crippen LogP contribution is 2.22. The van der Waals surface area contributed by atoms with E-state index in [4.69, 9.17) is 16.3 Å². The smallest absolute Gasteiger partial charge is 0.222 e. The second kappa shape index (κ2) is 6.17. The summed E-state index contributed by atoms with van der Waals surface area (Å²) in [7, 11) is 0. The highest BCUT2D eigenvalue weighted by molar-refractivity contribution is 6.28. The van der Waals surface area contributed by atoms with Crippen molar-refractivity contribution in [3.63, 3.8) is 0 Å². The van der Waals surface area contributed by atoms with Gasteiger partial charge in [0.2, 0.25) is 5.28 Å². The molecule has 0 saturated carbocycles. The Hall–Kier alpha value is -1.87. The Morgan fingerprint density at radius 2 is 2.22 bits per heavy atom. The van der Waals surface area contributed by atoms with Crippen LogP contribution in [0.15, 0.2) is 49.2 Å². The molecule has 3 nitrogen and oxygen atoms in total. The number of benzene rings is 1. The minimum Gasteiger partial charge on any atom is -0.493 e. The summed E-state index contributed by atoms with van der Waals surface area (Å²) in [4.78, 5) is 8.02. The summed E-state index contributed by atoms with van der Waals surface area (Å²) in [5.41, 5.74) is 1.74. The normalized spacial score (nSPS) is 10.1. The van der Waals surface area contributed by atoms with Gasteiger partial charge in [0.15, 0.2) is 0 Å². The lowest BCUT2D eigenvalue weighted by Gasteiger charge is -2.06. The lowest BCUT2D eigenvalue weighted by molar-refractivity contribution is 0.325. The van der Waals surface area contributed by atoms with E-state index in [1.54, 1.807) is 6.20 Å². The number of hydrogen-bond donors (Lipinski definition) is 0. The Morgan fingerprint density at radius 3 is 3.00 bits per heavy atom. The van der Waals surface area contributed by atoms with Gasteiger partial charge in [-0.3, -0.25) is 0 Å². The lowest BCUT2D eigenvalue weighted by atomic mass is 10.1. The Kier molecular flexibility index (Phi) is 4.31. The summed E-state index contributed by atoms with van der Waals surface area (Å²) >= 11 is 5.77. The largest absolute Gasteiger partial charge is 0.493 e. The predicted molar refractivity (Wildman–Crippen MR) is 72.8 cm³/mol. The van der Waals surface area contributed by atoms with Crippen molar-refractivity contribution < 1.29 is 4.74 Å². The first-order valence-corrected chi connectivity index (χ1v) is 6.00. The Morgan fingerprint density at radius 1 is 1.33 bits per heavy atom. The molecule has 0 aliphatic rings. The van der Waals surface area contributed by atoms with Gasteiger partial charge in [0, 0.05) is 11.8 Å². The molecular weight excluding hydrogens is 248 g/mol. The summed E-state index contributed by atoms with van der Waals surface area (Å²) in [6.07, 6.45) is 4.29. The van der Waals surface area contributed by atoms with Gasteiger partial charge in [0.25, 0.3) is 0 Å². The third-order valence-corrected chi connectivity index (χ3v) is 2.53. The maximum absolute atomic E-state index is 5.77. The van der Waals surface area contributed by atoms with E-state index in [-0.39, 0.29) is 5.28 Å². The number of nitrogens with zero attached hydrogens (tertiary/aromatic N) is 2. The van der Waals surface area contributed by atoms with Crippen LogP contribution in [-0.4, -0.2) is 16.6 Å². The van der Waals surface area contributed by atoms with Crippen molar-refractivity contribution in [2.75, 3.05) is 6.61 Å². The molecule has 0 aliphatic carbocycles. The Labute approximate surface area is 111 Å². The van der Waals surface area contributed by atoms with Crippen LogP contribution in [0.3, 0.4) is 0 Å². The zero-order valence-corrected chi connectivity index (χ0v) is 10.6. The summed E-state index contributed by atoms with van der Waals surface area (Å²) in [5.74, 6) is 0.809. The number of rotatable bonds is 5. The molecule has 0 unspecified atom stereocenters. The third-order valence-electron chi connectivity index (χ3n) is 2.35. The molecule has 92 valence electrons. The maximum Gasteiger partial charge on any atom is 0.222 e. The second-order valence-corrected chi connectivity index (χ2v) is 4.00. The quantitative estimate of drug-likeness (QED) is 0.467. The van der Waals surface area contributed by atoms with Crippen LogP contribution in [0.2, 0.25) is 5.28 Å². The molecule has 4 heteroatoms. The number of aromatic nitrogens is 2. The molecule has 0 radical (unpaired) electrons. The van der Waals surface area contributed by atoms with Crippen LogP contribution in [0.4, 0.5) is 0 Å². The predicted octanol–water partition coefficient (Wildman–Crippen LogP) is 3.75. The molecular formula is C14H13ClN2O. The lowest BCUT2D eigenvalue weighted by Crippen LogP contribution is -1.95. The van der Waals surface area contributed by atoms with Gasteiger partial charge in [-0.25, -0.2) is 9.97 Å². The van der Waals surface area contributed by atoms with Gasteiger partial charge < -0.3 is 4.74 Å². The second-order valence-electron chi connectivity index (χ2n) is 3.66. The first kappa shape index (κ1) is 12.6. The van der Waals surface area contributed by atoms with E-state index < -0.39 is 0 Å². The summed E-state index contributed by atoms with van der Waals surface area (Å²) in [6, 6.07) is 9.54. The molecule has 18 heavy (non-hydrogen) atoms. The molecule has 0 amide bonds. The molecule has 0 bridgehead atoms. The number of hydrogen-bond acceptors (Lipinski definition) is 3. The SMILES string of the molecule is C=CCCOc1cccc(-c2ccnc(Cl)n2)c1. The van der Waals surface area contributed by atoms with Gasteiger partial charge in [-0.15, -0.1) is 6.58 Å². The van der Waals surface area contributed by atoms with Crippen molar-refractivity contribution in [3.8, 4) is 17.0 Å². The monoisotopic (exact) mass is 260 g/mol. The molecule has 0 aliphatic heterocycles. The van der Waals surface area contributed by atoms with E-state index in [9.17, 15) is 0 Å². The van der Waals surface area contributed by atoms with Crippen molar-refractivity contribution in [2.45, 2.75) is 6.42 Å². The average Bonchev–Trinajstić information content (AvgIpc) is 2.39. The fraction of sp³-hybridized carbons (Fsp3) is 0.143. The average molecular weight is 261 g/mol. The van der Waals surface area contributed by atoms with E-state index >= 15 is 0 Å². The van der Waals surface area contributed by atoms with E-state index in [1.807, 2.05) is 36.4 Å². The van der Waals surface area contributed by atoms with Crippen LogP contribution in [0.5, 0.6) is 5.75 Å². The minimum atomic E-state index is 0.241. The fourth-order valence-corrected chi connectivity index (χ4v) is 1.65. The Balaban J connectivity index is 2.18. The molecule has 0 spiro atoms.